The van der Waals surface area contributed by atoms with Gasteiger partial charge in [-0.2, -0.15) is 0 Å². The van der Waals surface area contributed by atoms with E-state index in [0.717, 1.165) is 12.8 Å². The van der Waals surface area contributed by atoms with Crippen LogP contribution in [0.3, 0.4) is 0 Å². The zero-order valence-corrected chi connectivity index (χ0v) is 9.49. The molecule has 1 unspecified atom stereocenters. The van der Waals surface area contributed by atoms with E-state index in [1.54, 1.807) is 0 Å². The molecule has 1 aliphatic carbocycles. The molecule has 1 heterocycles. The molecule has 0 aliphatic heterocycles. The quantitative estimate of drug-likeness (QED) is 0.771. The maximum Gasteiger partial charge on any atom is 0.322 e. The molecule has 0 bridgehead atoms. The number of nitrogens with one attached hydrogen (secondary N) is 2. The first-order valence-corrected chi connectivity index (χ1v) is 5.49. The Bertz CT molecular complexity index is 373. The molecule has 1 saturated carbocycles. The van der Waals surface area contributed by atoms with Gasteiger partial charge in [0.25, 0.3) is 0 Å². The number of nitrogens with zero attached hydrogens (tertiary/aromatic N) is 2. The first-order valence-electron chi connectivity index (χ1n) is 5.49. The van der Waals surface area contributed by atoms with Gasteiger partial charge in [-0.1, -0.05) is 12.0 Å². The second-order valence-corrected chi connectivity index (χ2v) is 4.17. The van der Waals surface area contributed by atoms with Crippen molar-refractivity contribution in [1.82, 2.24) is 15.5 Å². The number of hydrogen-bond donors (Lipinski definition) is 2. The first-order chi connectivity index (χ1) is 7.70. The summed E-state index contributed by atoms with van der Waals surface area (Å²) in [6, 6.07) is 0.204. The lowest BCUT2D eigenvalue weighted by molar-refractivity contribution is -0.119. The van der Waals surface area contributed by atoms with Gasteiger partial charge in [0.1, 0.15) is 0 Å². The molecule has 88 valence electrons. The van der Waals surface area contributed by atoms with E-state index in [1.807, 2.05) is 14.0 Å². The maximum atomic E-state index is 11.6. The lowest BCUT2D eigenvalue weighted by Crippen LogP contribution is -2.28. The Morgan fingerprint density at radius 3 is 2.94 bits per heavy atom. The molecule has 0 radical (unpaired) electrons. The minimum absolute atomic E-state index is 0.111. The van der Waals surface area contributed by atoms with Gasteiger partial charge in [-0.25, -0.2) is 0 Å². The Kier molecular flexibility index (Phi) is 3.19. The highest BCUT2D eigenvalue weighted by atomic mass is 16.4. The molecular formula is C10H16N4O2. The van der Waals surface area contributed by atoms with E-state index in [2.05, 4.69) is 20.8 Å². The monoisotopic (exact) mass is 224 g/mol. The highest BCUT2D eigenvalue weighted by molar-refractivity contribution is 5.90. The van der Waals surface area contributed by atoms with E-state index in [4.69, 9.17) is 4.42 Å². The number of amides is 1. The lowest BCUT2D eigenvalue weighted by atomic mass is 10.2. The van der Waals surface area contributed by atoms with Gasteiger partial charge in [-0.15, -0.1) is 5.10 Å². The molecule has 1 fully saturated rings. The van der Waals surface area contributed by atoms with Crippen molar-refractivity contribution in [2.45, 2.75) is 25.7 Å². The predicted molar refractivity (Wildman–Crippen MR) is 58.0 cm³/mol. The summed E-state index contributed by atoms with van der Waals surface area (Å²) in [6.07, 6.45) is 2.21. The van der Waals surface area contributed by atoms with Crippen LogP contribution in [0.2, 0.25) is 0 Å². The van der Waals surface area contributed by atoms with Crippen molar-refractivity contribution in [3.8, 4) is 0 Å². The highest BCUT2D eigenvalue weighted by Crippen LogP contribution is 2.39. The summed E-state index contributed by atoms with van der Waals surface area (Å²) in [7, 11) is 1.81. The standard InChI is InChI=1S/C10H16N4O2/c1-6(5-11-2)8(15)12-10-14-13-9(16-10)7-3-4-7/h6-7,11H,3-5H2,1-2H3,(H,12,14,15). The van der Waals surface area contributed by atoms with E-state index in [9.17, 15) is 4.79 Å². The number of aromatic nitrogens is 2. The number of carbonyl (C=O) groups is 1. The van der Waals surface area contributed by atoms with Gasteiger partial charge >= 0.3 is 6.01 Å². The van der Waals surface area contributed by atoms with Crippen molar-refractivity contribution in [1.29, 1.82) is 0 Å². The van der Waals surface area contributed by atoms with Crippen LogP contribution in [0, 0.1) is 5.92 Å². The van der Waals surface area contributed by atoms with Crippen LogP contribution in [-0.2, 0) is 4.79 Å². The fraction of sp³-hybridized carbons (Fsp3) is 0.700. The van der Waals surface area contributed by atoms with Crippen molar-refractivity contribution < 1.29 is 9.21 Å². The third-order valence-electron chi connectivity index (χ3n) is 2.56. The summed E-state index contributed by atoms with van der Waals surface area (Å²) in [6.45, 7) is 2.46. The van der Waals surface area contributed by atoms with E-state index in [1.165, 1.54) is 0 Å². The minimum Gasteiger partial charge on any atom is -0.408 e. The van der Waals surface area contributed by atoms with Gasteiger partial charge in [0.15, 0.2) is 0 Å². The van der Waals surface area contributed by atoms with E-state index in [-0.39, 0.29) is 17.8 Å². The summed E-state index contributed by atoms with van der Waals surface area (Å²) >= 11 is 0. The smallest absolute Gasteiger partial charge is 0.322 e. The average Bonchev–Trinajstić information content (AvgIpc) is 3.01. The van der Waals surface area contributed by atoms with Crippen LogP contribution in [0.4, 0.5) is 6.01 Å². The van der Waals surface area contributed by atoms with Gasteiger partial charge in [0.2, 0.25) is 11.8 Å². The largest absolute Gasteiger partial charge is 0.408 e. The number of hydrogen-bond acceptors (Lipinski definition) is 5. The van der Waals surface area contributed by atoms with Gasteiger partial charge in [0.05, 0.1) is 0 Å². The van der Waals surface area contributed by atoms with Crippen LogP contribution in [-0.4, -0.2) is 29.7 Å². The Morgan fingerprint density at radius 1 is 1.56 bits per heavy atom. The molecule has 0 spiro atoms. The molecule has 2 N–H and O–H groups in total. The molecule has 6 nitrogen and oxygen atoms in total. The second-order valence-electron chi connectivity index (χ2n) is 4.17. The van der Waals surface area contributed by atoms with Crippen LogP contribution < -0.4 is 10.6 Å². The molecule has 0 saturated heterocycles. The maximum absolute atomic E-state index is 11.6. The molecule has 1 atom stereocenters. The fourth-order valence-electron chi connectivity index (χ4n) is 1.41. The van der Waals surface area contributed by atoms with E-state index < -0.39 is 0 Å². The fourth-order valence-corrected chi connectivity index (χ4v) is 1.41. The predicted octanol–water partition coefficient (Wildman–Crippen LogP) is 0.741. The summed E-state index contributed by atoms with van der Waals surface area (Å²) in [5.74, 6) is 0.811. The zero-order chi connectivity index (χ0) is 11.5. The van der Waals surface area contributed by atoms with Crippen molar-refractivity contribution in [3.05, 3.63) is 5.89 Å². The molecule has 6 heteroatoms. The first kappa shape index (κ1) is 11.1. The lowest BCUT2D eigenvalue weighted by Gasteiger charge is -2.08. The Labute approximate surface area is 93.8 Å². The SMILES string of the molecule is CNCC(C)C(=O)Nc1nnc(C2CC2)o1. The van der Waals surface area contributed by atoms with Crippen LogP contribution in [0.5, 0.6) is 0 Å². The summed E-state index contributed by atoms with van der Waals surface area (Å²) < 4.78 is 5.33. The van der Waals surface area contributed by atoms with Crippen LogP contribution in [0.25, 0.3) is 0 Å². The molecule has 16 heavy (non-hydrogen) atoms. The molecule has 0 aromatic carbocycles. The zero-order valence-electron chi connectivity index (χ0n) is 9.49. The molecule has 1 aromatic heterocycles. The van der Waals surface area contributed by atoms with Crippen LogP contribution >= 0.6 is 0 Å². The molecular weight excluding hydrogens is 208 g/mol. The number of rotatable bonds is 5. The van der Waals surface area contributed by atoms with Gasteiger partial charge < -0.3 is 9.73 Å². The average molecular weight is 224 g/mol. The second kappa shape index (κ2) is 4.61. The minimum atomic E-state index is -0.124. The Hall–Kier alpha value is -1.43. The topological polar surface area (TPSA) is 80.0 Å². The summed E-state index contributed by atoms with van der Waals surface area (Å²) in [5, 5.41) is 13.2. The van der Waals surface area contributed by atoms with Crippen LogP contribution in [0.1, 0.15) is 31.6 Å². The van der Waals surface area contributed by atoms with Crippen molar-refractivity contribution in [3.63, 3.8) is 0 Å². The molecule has 1 amide bonds. The molecule has 1 aliphatic rings. The van der Waals surface area contributed by atoms with Crippen molar-refractivity contribution in [2.24, 2.45) is 5.92 Å². The number of carbonyl (C=O) groups excluding carboxylic acids is 1. The third kappa shape index (κ3) is 2.57. The van der Waals surface area contributed by atoms with Gasteiger partial charge in [0, 0.05) is 18.4 Å². The summed E-state index contributed by atoms with van der Waals surface area (Å²) in [4.78, 5) is 11.6. The normalized spacial score (nSPS) is 17.1. The Morgan fingerprint density at radius 2 is 2.31 bits per heavy atom. The molecule has 2 rings (SSSR count). The van der Waals surface area contributed by atoms with Crippen LogP contribution in [0.15, 0.2) is 4.42 Å². The van der Waals surface area contributed by atoms with Crippen molar-refractivity contribution in [2.75, 3.05) is 18.9 Å². The van der Waals surface area contributed by atoms with Gasteiger partial charge in [-0.05, 0) is 19.9 Å². The Balaban J connectivity index is 1.89. The third-order valence-corrected chi connectivity index (χ3v) is 2.56. The van der Waals surface area contributed by atoms with Crippen molar-refractivity contribution >= 4 is 11.9 Å². The van der Waals surface area contributed by atoms with Gasteiger partial charge in [-0.3, -0.25) is 10.1 Å². The summed E-state index contributed by atoms with van der Waals surface area (Å²) in [5.41, 5.74) is 0. The highest BCUT2D eigenvalue weighted by Gasteiger charge is 2.29. The van der Waals surface area contributed by atoms with E-state index in [0.29, 0.717) is 18.4 Å². The number of anilines is 1. The molecule has 1 aromatic rings. The van der Waals surface area contributed by atoms with E-state index >= 15 is 0 Å².